The summed E-state index contributed by atoms with van der Waals surface area (Å²) in [5.41, 5.74) is 7.31. The van der Waals surface area contributed by atoms with E-state index in [1.165, 1.54) is 12.1 Å². The number of piperazine rings is 1. The Morgan fingerprint density at radius 3 is 2.67 bits per heavy atom. The number of hydrogen-bond acceptors (Lipinski definition) is 5. The maximum absolute atomic E-state index is 14.2. The quantitative estimate of drug-likeness (QED) is 0.783. The van der Waals surface area contributed by atoms with Crippen molar-refractivity contribution in [3.05, 3.63) is 65.2 Å². The molecule has 2 heterocycles. The molecule has 0 saturated carbocycles. The van der Waals surface area contributed by atoms with E-state index in [1.54, 1.807) is 19.2 Å². The third-order valence-corrected chi connectivity index (χ3v) is 5.86. The second-order valence-electron chi connectivity index (χ2n) is 7.75. The van der Waals surface area contributed by atoms with Gasteiger partial charge in [0.15, 0.2) is 0 Å². The summed E-state index contributed by atoms with van der Waals surface area (Å²) in [6.45, 7) is 4.25. The molecule has 2 N–H and O–H groups in total. The summed E-state index contributed by atoms with van der Waals surface area (Å²) in [5.74, 6) is -0.292. The molecule has 1 amide bonds. The maximum atomic E-state index is 14.2. The number of benzene rings is 2. The molecule has 0 aliphatic carbocycles. The smallest absolute Gasteiger partial charge is 0.254 e. The number of rotatable bonds is 5. The van der Waals surface area contributed by atoms with Crippen LogP contribution in [0.4, 0.5) is 8.78 Å². The Balaban J connectivity index is 1.34. The van der Waals surface area contributed by atoms with Crippen molar-refractivity contribution < 1.29 is 18.3 Å². The molecule has 2 aliphatic rings. The standard InChI is InChI=1S/C22H26F2N4O2/c1-30-18-4-2-3-15(11-18)22(29)28-9-7-27(8-10-28)14-16-13-25-26-21(16)19-6-5-17(23)12-20(19)24/h2-6,11-12,16,21,25-26H,7-10,13-14H2,1H3. The van der Waals surface area contributed by atoms with Gasteiger partial charge in [0.1, 0.15) is 17.4 Å². The van der Waals surface area contributed by atoms with Gasteiger partial charge in [-0.1, -0.05) is 12.1 Å². The van der Waals surface area contributed by atoms with Gasteiger partial charge in [-0.3, -0.25) is 15.1 Å². The van der Waals surface area contributed by atoms with E-state index in [1.807, 2.05) is 17.0 Å². The number of hydrazine groups is 1. The molecule has 2 fully saturated rings. The molecule has 0 radical (unpaired) electrons. The van der Waals surface area contributed by atoms with E-state index in [4.69, 9.17) is 4.74 Å². The Kier molecular flexibility index (Phi) is 6.26. The van der Waals surface area contributed by atoms with Crippen molar-refractivity contribution in [3.8, 4) is 5.75 Å². The van der Waals surface area contributed by atoms with Crippen LogP contribution in [0.15, 0.2) is 42.5 Å². The summed E-state index contributed by atoms with van der Waals surface area (Å²) in [6.07, 6.45) is 0. The number of methoxy groups -OCH3 is 1. The fourth-order valence-corrected chi connectivity index (χ4v) is 4.19. The highest BCUT2D eigenvalue weighted by Gasteiger charge is 2.33. The first-order chi connectivity index (χ1) is 14.5. The summed E-state index contributed by atoms with van der Waals surface area (Å²) in [7, 11) is 1.58. The van der Waals surface area contributed by atoms with Crippen LogP contribution in [0.2, 0.25) is 0 Å². The lowest BCUT2D eigenvalue weighted by Crippen LogP contribution is -2.50. The number of ether oxygens (including phenoxy) is 1. The average Bonchev–Trinajstić information content (AvgIpc) is 3.21. The summed E-state index contributed by atoms with van der Waals surface area (Å²) in [5, 5.41) is 0. The highest BCUT2D eigenvalue weighted by Crippen LogP contribution is 2.28. The van der Waals surface area contributed by atoms with Crippen molar-refractivity contribution in [2.75, 3.05) is 46.4 Å². The SMILES string of the molecule is COc1cccc(C(=O)N2CCN(CC3CNNC3c3ccc(F)cc3F)CC2)c1. The molecule has 0 spiro atoms. The number of carbonyl (C=O) groups is 1. The van der Waals surface area contributed by atoms with Gasteiger partial charge in [-0.15, -0.1) is 0 Å². The first-order valence-corrected chi connectivity index (χ1v) is 10.1. The third-order valence-electron chi connectivity index (χ3n) is 5.86. The van der Waals surface area contributed by atoms with Crippen molar-refractivity contribution in [2.45, 2.75) is 6.04 Å². The lowest BCUT2D eigenvalue weighted by atomic mass is 9.93. The van der Waals surface area contributed by atoms with E-state index in [9.17, 15) is 13.6 Å². The van der Waals surface area contributed by atoms with Gasteiger partial charge < -0.3 is 9.64 Å². The van der Waals surface area contributed by atoms with Gasteiger partial charge in [0.2, 0.25) is 0 Å². The molecule has 8 heteroatoms. The Morgan fingerprint density at radius 2 is 1.93 bits per heavy atom. The second-order valence-corrected chi connectivity index (χ2v) is 7.75. The third kappa shape index (κ3) is 4.45. The Bertz CT molecular complexity index is 902. The van der Waals surface area contributed by atoms with Gasteiger partial charge in [0, 0.05) is 62.4 Å². The summed E-state index contributed by atoms with van der Waals surface area (Å²) < 4.78 is 32.7. The van der Waals surface area contributed by atoms with Crippen LogP contribution in [0.25, 0.3) is 0 Å². The number of carbonyl (C=O) groups excluding carboxylic acids is 1. The Labute approximate surface area is 174 Å². The fourth-order valence-electron chi connectivity index (χ4n) is 4.19. The van der Waals surface area contributed by atoms with Gasteiger partial charge in [0.05, 0.1) is 13.2 Å². The summed E-state index contributed by atoms with van der Waals surface area (Å²) in [4.78, 5) is 16.9. The molecule has 0 aromatic heterocycles. The van der Waals surface area contributed by atoms with E-state index in [2.05, 4.69) is 15.8 Å². The number of nitrogens with zero attached hydrogens (tertiary/aromatic N) is 2. The zero-order valence-corrected chi connectivity index (χ0v) is 16.9. The van der Waals surface area contributed by atoms with Crippen LogP contribution >= 0.6 is 0 Å². The van der Waals surface area contributed by atoms with E-state index in [-0.39, 0.29) is 17.9 Å². The molecule has 2 atom stereocenters. The van der Waals surface area contributed by atoms with Gasteiger partial charge >= 0.3 is 0 Å². The molecule has 2 aliphatic heterocycles. The minimum absolute atomic E-state index is 0.00371. The van der Waals surface area contributed by atoms with Crippen LogP contribution < -0.4 is 15.6 Å². The molecular weight excluding hydrogens is 390 g/mol. The van der Waals surface area contributed by atoms with E-state index >= 15 is 0 Å². The van der Waals surface area contributed by atoms with Gasteiger partial charge in [-0.2, -0.15) is 0 Å². The number of nitrogens with one attached hydrogen (secondary N) is 2. The summed E-state index contributed by atoms with van der Waals surface area (Å²) >= 11 is 0. The van der Waals surface area contributed by atoms with Gasteiger partial charge in [0.25, 0.3) is 5.91 Å². The van der Waals surface area contributed by atoms with Crippen molar-refractivity contribution in [2.24, 2.45) is 5.92 Å². The van der Waals surface area contributed by atoms with Crippen molar-refractivity contribution in [1.29, 1.82) is 0 Å². The van der Waals surface area contributed by atoms with Crippen molar-refractivity contribution in [1.82, 2.24) is 20.7 Å². The molecule has 4 rings (SSSR count). The maximum Gasteiger partial charge on any atom is 0.254 e. The van der Waals surface area contributed by atoms with Crippen LogP contribution in [-0.2, 0) is 0 Å². The van der Waals surface area contributed by atoms with E-state index in [0.29, 0.717) is 36.5 Å². The predicted octanol–water partition coefficient (Wildman–Crippen LogP) is 2.20. The monoisotopic (exact) mass is 416 g/mol. The topological polar surface area (TPSA) is 56.8 Å². The lowest BCUT2D eigenvalue weighted by Gasteiger charge is -2.36. The molecule has 2 saturated heterocycles. The van der Waals surface area contributed by atoms with E-state index in [0.717, 1.165) is 25.7 Å². The van der Waals surface area contributed by atoms with Gasteiger partial charge in [-0.05, 0) is 24.3 Å². The molecule has 2 aromatic rings. The molecule has 2 aromatic carbocycles. The van der Waals surface area contributed by atoms with Crippen LogP contribution in [0.1, 0.15) is 22.0 Å². The first kappa shape index (κ1) is 20.7. The average molecular weight is 416 g/mol. The van der Waals surface area contributed by atoms with Crippen LogP contribution in [0.5, 0.6) is 5.75 Å². The Hall–Kier alpha value is -2.55. The summed E-state index contributed by atoms with van der Waals surface area (Å²) in [6, 6.07) is 10.7. The second kappa shape index (κ2) is 9.07. The first-order valence-electron chi connectivity index (χ1n) is 10.1. The van der Waals surface area contributed by atoms with Crippen molar-refractivity contribution >= 4 is 5.91 Å². The minimum Gasteiger partial charge on any atom is -0.497 e. The lowest BCUT2D eigenvalue weighted by molar-refractivity contribution is 0.0615. The number of halogens is 2. The number of hydrogen-bond donors (Lipinski definition) is 2. The van der Waals surface area contributed by atoms with Gasteiger partial charge in [-0.25, -0.2) is 14.2 Å². The number of amides is 1. The fraction of sp³-hybridized carbons (Fsp3) is 0.409. The van der Waals surface area contributed by atoms with Crippen molar-refractivity contribution in [3.63, 3.8) is 0 Å². The highest BCUT2D eigenvalue weighted by molar-refractivity contribution is 5.94. The van der Waals surface area contributed by atoms with E-state index < -0.39 is 11.6 Å². The zero-order valence-electron chi connectivity index (χ0n) is 16.9. The Morgan fingerprint density at radius 1 is 1.13 bits per heavy atom. The molecule has 160 valence electrons. The molecular formula is C22H26F2N4O2. The molecule has 6 nitrogen and oxygen atoms in total. The normalized spacial score (nSPS) is 22.3. The van der Waals surface area contributed by atoms with Crippen LogP contribution in [0, 0.1) is 17.6 Å². The largest absolute Gasteiger partial charge is 0.497 e. The molecule has 30 heavy (non-hydrogen) atoms. The zero-order chi connectivity index (χ0) is 21.1. The minimum atomic E-state index is -0.574. The highest BCUT2D eigenvalue weighted by atomic mass is 19.1. The predicted molar refractivity (Wildman–Crippen MR) is 109 cm³/mol. The van der Waals surface area contributed by atoms with Crippen LogP contribution in [-0.4, -0.2) is 62.1 Å². The van der Waals surface area contributed by atoms with Crippen LogP contribution in [0.3, 0.4) is 0 Å². The molecule has 0 bridgehead atoms. The molecule has 2 unspecified atom stereocenters.